The normalized spacial score (nSPS) is 31.6. The van der Waals surface area contributed by atoms with Crippen LogP contribution in [-0.2, 0) is 24.3 Å². The zero-order valence-electron chi connectivity index (χ0n) is 13.9. The molecule has 3 fully saturated rings. The highest BCUT2D eigenvalue weighted by atomic mass is 32.2. The van der Waals surface area contributed by atoms with Gasteiger partial charge in [-0.2, -0.15) is 0 Å². The van der Waals surface area contributed by atoms with Gasteiger partial charge >= 0.3 is 5.97 Å². The van der Waals surface area contributed by atoms with Crippen molar-refractivity contribution in [3.8, 4) is 0 Å². The van der Waals surface area contributed by atoms with Gasteiger partial charge in [-0.05, 0) is 31.9 Å². The highest BCUT2D eigenvalue weighted by Gasteiger charge is 2.60. The highest BCUT2D eigenvalue weighted by molar-refractivity contribution is 7.90. The van der Waals surface area contributed by atoms with Crippen LogP contribution in [0, 0.1) is 5.41 Å². The number of hydrogen-bond acceptors (Lipinski definition) is 6. The third kappa shape index (κ3) is 2.55. The number of fused-ring (bicyclic) bond motifs is 2. The predicted octanol–water partition coefficient (Wildman–Crippen LogP) is 1.33. The number of carbonyl (C=O) groups is 2. The molecule has 8 heteroatoms. The lowest BCUT2D eigenvalue weighted by Gasteiger charge is -2.41. The Hall–Kier alpha value is -1.93. The summed E-state index contributed by atoms with van der Waals surface area (Å²) in [5.74, 6) is -0.960. The summed E-state index contributed by atoms with van der Waals surface area (Å²) in [5.41, 5.74) is -0.0655. The number of carbonyl (C=O) groups excluding carboxylic acids is 2. The van der Waals surface area contributed by atoms with Crippen LogP contribution in [0.4, 0.5) is 0 Å². The average Bonchev–Trinajstić information content (AvgIpc) is 3.09. The Morgan fingerprint density at radius 1 is 1.32 bits per heavy atom. The van der Waals surface area contributed by atoms with Crippen molar-refractivity contribution in [1.82, 2.24) is 4.31 Å². The van der Waals surface area contributed by atoms with E-state index < -0.39 is 15.9 Å². The molecule has 1 aromatic carbocycles. The van der Waals surface area contributed by atoms with Gasteiger partial charge in [-0.3, -0.25) is 9.59 Å². The van der Waals surface area contributed by atoms with E-state index in [0.717, 1.165) is 17.1 Å². The van der Waals surface area contributed by atoms with Gasteiger partial charge in [0.05, 0.1) is 30.7 Å². The molecule has 5 rings (SSSR count). The second-order valence-electron chi connectivity index (χ2n) is 7.37. The van der Waals surface area contributed by atoms with Crippen LogP contribution in [0.3, 0.4) is 0 Å². The first kappa shape index (κ1) is 16.5. The number of nitrogens with zero attached hydrogens (tertiary/aromatic N) is 1. The second kappa shape index (κ2) is 5.28. The molecule has 0 radical (unpaired) electrons. The van der Waals surface area contributed by atoms with Crippen molar-refractivity contribution in [1.29, 1.82) is 0 Å². The van der Waals surface area contributed by atoms with Crippen molar-refractivity contribution in [2.45, 2.75) is 36.7 Å². The van der Waals surface area contributed by atoms with Crippen molar-refractivity contribution in [2.24, 2.45) is 5.41 Å². The van der Waals surface area contributed by atoms with Crippen LogP contribution in [0.2, 0.25) is 0 Å². The summed E-state index contributed by atoms with van der Waals surface area (Å²) in [4.78, 5) is 24.3. The SMILES string of the molecule is CC12CC(CC(=O)OCCN3C(=O)c4ccccc4S3(=O)=O)(CO1)C2. The Balaban J connectivity index is 1.34. The molecule has 1 amide bonds. The van der Waals surface area contributed by atoms with E-state index in [9.17, 15) is 18.0 Å². The zero-order chi connectivity index (χ0) is 17.9. The van der Waals surface area contributed by atoms with Crippen LogP contribution in [0.15, 0.2) is 29.2 Å². The number of amides is 1. The lowest BCUT2D eigenvalue weighted by atomic mass is 9.62. The van der Waals surface area contributed by atoms with Crippen LogP contribution in [0.25, 0.3) is 0 Å². The van der Waals surface area contributed by atoms with Gasteiger partial charge in [0, 0.05) is 5.41 Å². The summed E-state index contributed by atoms with van der Waals surface area (Å²) in [5, 5.41) is 0. The van der Waals surface area contributed by atoms with Crippen molar-refractivity contribution in [3.05, 3.63) is 29.8 Å². The van der Waals surface area contributed by atoms with Crippen molar-refractivity contribution < 1.29 is 27.5 Å². The number of esters is 1. The van der Waals surface area contributed by atoms with Crippen LogP contribution in [0.1, 0.15) is 36.5 Å². The van der Waals surface area contributed by atoms with E-state index in [1.807, 2.05) is 6.92 Å². The van der Waals surface area contributed by atoms with E-state index in [1.54, 1.807) is 12.1 Å². The van der Waals surface area contributed by atoms with Crippen LogP contribution < -0.4 is 0 Å². The third-order valence-corrected chi connectivity index (χ3v) is 7.05. The third-order valence-electron chi connectivity index (χ3n) is 5.21. The Morgan fingerprint density at radius 3 is 2.68 bits per heavy atom. The molecule has 0 unspecified atom stereocenters. The fourth-order valence-electron chi connectivity index (χ4n) is 4.29. The molecule has 3 aliphatic heterocycles. The standard InChI is InChI=1S/C17H19NO6S/c1-16-9-17(10-16,11-24-16)8-14(19)23-7-6-18-15(20)12-4-2-3-5-13(12)25(18,21)22/h2-5H,6-11H2,1H3. The first-order valence-corrected chi connectivity index (χ1v) is 9.65. The molecule has 2 bridgehead atoms. The predicted molar refractivity (Wildman–Crippen MR) is 86.3 cm³/mol. The van der Waals surface area contributed by atoms with Gasteiger partial charge in [0.15, 0.2) is 0 Å². The van der Waals surface area contributed by atoms with E-state index in [2.05, 4.69) is 0 Å². The summed E-state index contributed by atoms with van der Waals surface area (Å²) >= 11 is 0. The Bertz CT molecular complexity index is 856. The quantitative estimate of drug-likeness (QED) is 0.732. The molecule has 25 heavy (non-hydrogen) atoms. The van der Waals surface area contributed by atoms with E-state index in [1.165, 1.54) is 12.1 Å². The minimum absolute atomic E-state index is 0.00192. The van der Waals surface area contributed by atoms with Gasteiger partial charge in [-0.15, -0.1) is 0 Å². The van der Waals surface area contributed by atoms with Crippen LogP contribution >= 0.6 is 0 Å². The molecule has 134 valence electrons. The largest absolute Gasteiger partial charge is 0.464 e. The van der Waals surface area contributed by atoms with Crippen molar-refractivity contribution >= 4 is 21.9 Å². The minimum Gasteiger partial charge on any atom is -0.464 e. The molecule has 1 aliphatic carbocycles. The molecule has 4 aliphatic rings. The van der Waals surface area contributed by atoms with Gasteiger partial charge in [0.25, 0.3) is 15.9 Å². The Labute approximate surface area is 145 Å². The van der Waals surface area contributed by atoms with E-state index >= 15 is 0 Å². The summed E-state index contributed by atoms with van der Waals surface area (Å²) in [6.07, 6.45) is 1.97. The first-order valence-electron chi connectivity index (χ1n) is 8.21. The minimum atomic E-state index is -3.86. The molecule has 0 aromatic heterocycles. The Morgan fingerprint density at radius 2 is 2.04 bits per heavy atom. The number of rotatable bonds is 5. The van der Waals surface area contributed by atoms with Crippen LogP contribution in [0.5, 0.6) is 0 Å². The lowest BCUT2D eigenvalue weighted by molar-refractivity contribution is -0.147. The molecule has 3 heterocycles. The fraction of sp³-hybridized carbons (Fsp3) is 0.529. The van der Waals surface area contributed by atoms with Gasteiger partial charge in [0.2, 0.25) is 0 Å². The zero-order valence-corrected chi connectivity index (χ0v) is 14.7. The highest BCUT2D eigenvalue weighted by Crippen LogP contribution is 2.59. The summed E-state index contributed by atoms with van der Waals surface area (Å²) in [7, 11) is -3.86. The van der Waals surface area contributed by atoms with Gasteiger partial charge in [0.1, 0.15) is 11.5 Å². The van der Waals surface area contributed by atoms with Crippen molar-refractivity contribution in [3.63, 3.8) is 0 Å². The maximum Gasteiger partial charge on any atom is 0.306 e. The summed E-state index contributed by atoms with van der Waals surface area (Å²) in [6.45, 7) is 2.27. The average molecular weight is 365 g/mol. The number of ether oxygens (including phenoxy) is 2. The molecular formula is C17H19NO6S. The second-order valence-corrected chi connectivity index (χ2v) is 9.20. The van der Waals surface area contributed by atoms with Gasteiger partial charge in [-0.25, -0.2) is 12.7 Å². The summed E-state index contributed by atoms with van der Waals surface area (Å²) < 4.78 is 36.4. The van der Waals surface area contributed by atoms with E-state index in [-0.39, 0.29) is 47.0 Å². The fourth-order valence-corrected chi connectivity index (χ4v) is 5.85. The summed E-state index contributed by atoms with van der Waals surface area (Å²) in [6, 6.07) is 6.07. The number of benzene rings is 1. The maximum absolute atomic E-state index is 12.4. The van der Waals surface area contributed by atoms with E-state index in [4.69, 9.17) is 9.47 Å². The topological polar surface area (TPSA) is 90.0 Å². The van der Waals surface area contributed by atoms with Crippen molar-refractivity contribution in [2.75, 3.05) is 19.8 Å². The number of sulfonamides is 1. The molecule has 1 aromatic rings. The maximum atomic E-state index is 12.4. The first-order chi connectivity index (χ1) is 11.7. The smallest absolute Gasteiger partial charge is 0.306 e. The molecule has 7 nitrogen and oxygen atoms in total. The van der Waals surface area contributed by atoms with Gasteiger partial charge in [-0.1, -0.05) is 12.1 Å². The number of hydrogen-bond donors (Lipinski definition) is 0. The monoisotopic (exact) mass is 365 g/mol. The molecule has 2 saturated heterocycles. The Kier molecular flexibility index (Phi) is 3.49. The van der Waals surface area contributed by atoms with Gasteiger partial charge < -0.3 is 9.47 Å². The molecule has 1 saturated carbocycles. The molecule has 0 spiro atoms. The lowest BCUT2D eigenvalue weighted by Crippen LogP contribution is -2.43. The molecule has 0 atom stereocenters. The van der Waals surface area contributed by atoms with E-state index in [0.29, 0.717) is 6.61 Å². The molecular weight excluding hydrogens is 346 g/mol. The molecule has 0 N–H and O–H groups in total. The van der Waals surface area contributed by atoms with Crippen LogP contribution in [-0.4, -0.2) is 50.0 Å².